The molecule has 28 heavy (non-hydrogen) atoms. The highest BCUT2D eigenvalue weighted by Gasteiger charge is 2.39. The Labute approximate surface area is 169 Å². The van der Waals surface area contributed by atoms with E-state index in [4.69, 9.17) is 4.74 Å². The molecule has 0 bridgehead atoms. The minimum Gasteiger partial charge on any atom is -0.444 e. The van der Waals surface area contributed by atoms with Gasteiger partial charge in [0, 0.05) is 31.2 Å². The molecule has 1 heterocycles. The van der Waals surface area contributed by atoms with Gasteiger partial charge in [-0.05, 0) is 54.0 Å². The Hall–Kier alpha value is -2.08. The van der Waals surface area contributed by atoms with E-state index in [2.05, 4.69) is 29.3 Å². The van der Waals surface area contributed by atoms with Gasteiger partial charge in [0.2, 0.25) is 5.91 Å². The van der Waals surface area contributed by atoms with Crippen LogP contribution in [0, 0.1) is 0 Å². The van der Waals surface area contributed by atoms with Crippen molar-refractivity contribution in [3.63, 3.8) is 0 Å². The van der Waals surface area contributed by atoms with Crippen LogP contribution in [0.1, 0.15) is 60.1 Å². The van der Waals surface area contributed by atoms with Gasteiger partial charge in [0.05, 0.1) is 0 Å². The van der Waals surface area contributed by atoms with E-state index in [1.165, 1.54) is 5.56 Å². The van der Waals surface area contributed by atoms with Crippen LogP contribution in [-0.2, 0) is 9.53 Å². The van der Waals surface area contributed by atoms with Crippen LogP contribution >= 0.6 is 0 Å². The fourth-order valence-electron chi connectivity index (χ4n) is 3.31. The lowest BCUT2D eigenvalue weighted by Crippen LogP contribution is -2.63. The maximum absolute atomic E-state index is 13.0. The SMILES string of the molecule is C[C@@H](c1ccccc1)N1CCN(C(=O)OC(C)(C)C)[C@H](C(=O)NC(C)(C)C)C1. The van der Waals surface area contributed by atoms with Gasteiger partial charge in [0.15, 0.2) is 0 Å². The lowest BCUT2D eigenvalue weighted by Gasteiger charge is -2.43. The summed E-state index contributed by atoms with van der Waals surface area (Å²) < 4.78 is 5.56. The highest BCUT2D eigenvalue weighted by atomic mass is 16.6. The number of nitrogens with zero attached hydrogens (tertiary/aromatic N) is 2. The van der Waals surface area contributed by atoms with Crippen molar-refractivity contribution in [1.82, 2.24) is 15.1 Å². The summed E-state index contributed by atoms with van der Waals surface area (Å²) in [5, 5.41) is 3.02. The number of hydrogen-bond acceptors (Lipinski definition) is 4. The van der Waals surface area contributed by atoms with Gasteiger partial charge in [-0.3, -0.25) is 14.6 Å². The molecule has 0 aromatic heterocycles. The maximum Gasteiger partial charge on any atom is 0.411 e. The molecule has 156 valence electrons. The third-order valence-corrected chi connectivity index (χ3v) is 4.67. The third kappa shape index (κ3) is 6.23. The highest BCUT2D eigenvalue weighted by Crippen LogP contribution is 2.25. The molecule has 2 amide bonds. The summed E-state index contributed by atoms with van der Waals surface area (Å²) in [6.07, 6.45) is -0.437. The molecule has 1 aromatic rings. The smallest absolute Gasteiger partial charge is 0.411 e. The second-order valence-electron chi connectivity index (χ2n) is 9.51. The first-order chi connectivity index (χ1) is 12.9. The lowest BCUT2D eigenvalue weighted by atomic mass is 10.0. The van der Waals surface area contributed by atoms with E-state index in [9.17, 15) is 9.59 Å². The van der Waals surface area contributed by atoms with Crippen LogP contribution in [-0.4, -0.2) is 58.6 Å². The van der Waals surface area contributed by atoms with Gasteiger partial charge in [0.1, 0.15) is 11.6 Å². The van der Waals surface area contributed by atoms with Crippen LogP contribution in [0.3, 0.4) is 0 Å². The number of carbonyl (C=O) groups excluding carboxylic acids is 2. The van der Waals surface area contributed by atoms with Crippen LogP contribution < -0.4 is 5.32 Å². The quantitative estimate of drug-likeness (QED) is 0.858. The summed E-state index contributed by atoms with van der Waals surface area (Å²) in [5.74, 6) is -0.150. The van der Waals surface area contributed by atoms with Gasteiger partial charge in [-0.2, -0.15) is 0 Å². The van der Waals surface area contributed by atoms with Crippen LogP contribution in [0.15, 0.2) is 30.3 Å². The van der Waals surface area contributed by atoms with E-state index in [0.717, 1.165) is 0 Å². The van der Waals surface area contributed by atoms with Crippen molar-refractivity contribution >= 4 is 12.0 Å². The molecule has 6 nitrogen and oxygen atoms in total. The number of rotatable bonds is 3. The topological polar surface area (TPSA) is 61.9 Å². The van der Waals surface area contributed by atoms with E-state index in [1.807, 2.05) is 59.7 Å². The van der Waals surface area contributed by atoms with Crippen molar-refractivity contribution in [1.29, 1.82) is 0 Å². The molecule has 0 unspecified atom stereocenters. The first kappa shape index (κ1) is 22.2. The van der Waals surface area contributed by atoms with Gasteiger partial charge < -0.3 is 10.1 Å². The Bertz CT molecular complexity index is 677. The number of nitrogens with one attached hydrogen (secondary N) is 1. The molecule has 2 rings (SSSR count). The number of ether oxygens (including phenoxy) is 1. The fraction of sp³-hybridized carbons (Fsp3) is 0.636. The van der Waals surface area contributed by atoms with Crippen LogP contribution in [0.5, 0.6) is 0 Å². The monoisotopic (exact) mass is 389 g/mol. The molecule has 0 radical (unpaired) electrons. The second kappa shape index (κ2) is 8.52. The first-order valence-corrected chi connectivity index (χ1v) is 9.98. The van der Waals surface area contributed by atoms with Crippen LogP contribution in [0.2, 0.25) is 0 Å². The molecule has 1 saturated heterocycles. The molecule has 1 aliphatic rings. The van der Waals surface area contributed by atoms with E-state index >= 15 is 0 Å². The molecule has 1 aromatic carbocycles. The maximum atomic E-state index is 13.0. The van der Waals surface area contributed by atoms with E-state index in [0.29, 0.717) is 19.6 Å². The van der Waals surface area contributed by atoms with Crippen molar-refractivity contribution in [3.8, 4) is 0 Å². The molecule has 1 fully saturated rings. The average molecular weight is 390 g/mol. The molecule has 2 atom stereocenters. The van der Waals surface area contributed by atoms with Crippen molar-refractivity contribution in [2.24, 2.45) is 0 Å². The van der Waals surface area contributed by atoms with Crippen molar-refractivity contribution in [3.05, 3.63) is 35.9 Å². The van der Waals surface area contributed by atoms with Crippen molar-refractivity contribution in [2.75, 3.05) is 19.6 Å². The van der Waals surface area contributed by atoms with E-state index in [-0.39, 0.29) is 17.5 Å². The zero-order valence-electron chi connectivity index (χ0n) is 18.3. The number of benzene rings is 1. The van der Waals surface area contributed by atoms with Crippen molar-refractivity contribution in [2.45, 2.75) is 71.7 Å². The summed E-state index contributed by atoms with van der Waals surface area (Å²) in [6, 6.07) is 9.79. The largest absolute Gasteiger partial charge is 0.444 e. The molecule has 0 spiro atoms. The summed E-state index contributed by atoms with van der Waals surface area (Å²) in [6.45, 7) is 15.1. The minimum atomic E-state index is -0.601. The fourth-order valence-corrected chi connectivity index (χ4v) is 3.31. The van der Waals surface area contributed by atoms with Gasteiger partial charge in [-0.25, -0.2) is 4.79 Å². The highest BCUT2D eigenvalue weighted by molar-refractivity contribution is 5.86. The Morgan fingerprint density at radius 2 is 1.68 bits per heavy atom. The van der Waals surface area contributed by atoms with Crippen LogP contribution in [0.25, 0.3) is 0 Å². The minimum absolute atomic E-state index is 0.150. The van der Waals surface area contributed by atoms with Gasteiger partial charge in [-0.1, -0.05) is 30.3 Å². The predicted molar refractivity (Wildman–Crippen MR) is 111 cm³/mol. The first-order valence-electron chi connectivity index (χ1n) is 9.98. The molecular formula is C22H35N3O3. The Balaban J connectivity index is 2.21. The van der Waals surface area contributed by atoms with Gasteiger partial charge in [-0.15, -0.1) is 0 Å². The summed E-state index contributed by atoms with van der Waals surface area (Å²) in [4.78, 5) is 29.6. The molecule has 0 aliphatic carbocycles. The molecule has 1 aliphatic heterocycles. The summed E-state index contributed by atoms with van der Waals surface area (Å²) >= 11 is 0. The zero-order chi connectivity index (χ0) is 21.1. The summed E-state index contributed by atoms with van der Waals surface area (Å²) in [7, 11) is 0. The Morgan fingerprint density at radius 3 is 2.21 bits per heavy atom. The second-order valence-corrected chi connectivity index (χ2v) is 9.51. The Morgan fingerprint density at radius 1 is 1.07 bits per heavy atom. The third-order valence-electron chi connectivity index (χ3n) is 4.67. The summed E-state index contributed by atoms with van der Waals surface area (Å²) in [5.41, 5.74) is 0.226. The van der Waals surface area contributed by atoms with E-state index < -0.39 is 17.7 Å². The average Bonchev–Trinajstić information content (AvgIpc) is 2.58. The molecule has 0 saturated carbocycles. The van der Waals surface area contributed by atoms with Gasteiger partial charge in [0.25, 0.3) is 0 Å². The number of carbonyl (C=O) groups is 2. The zero-order valence-corrected chi connectivity index (χ0v) is 18.3. The molecule has 6 heteroatoms. The van der Waals surface area contributed by atoms with E-state index in [1.54, 1.807) is 4.90 Å². The lowest BCUT2D eigenvalue weighted by molar-refractivity contribution is -0.130. The molecular weight excluding hydrogens is 354 g/mol. The number of hydrogen-bond donors (Lipinski definition) is 1. The normalized spacial score (nSPS) is 19.8. The Kier molecular flexibility index (Phi) is 6.75. The number of piperazine rings is 1. The van der Waals surface area contributed by atoms with Gasteiger partial charge >= 0.3 is 6.09 Å². The van der Waals surface area contributed by atoms with Crippen LogP contribution in [0.4, 0.5) is 4.79 Å². The van der Waals surface area contributed by atoms with Crippen molar-refractivity contribution < 1.29 is 14.3 Å². The molecule has 1 N–H and O–H groups in total. The predicted octanol–water partition coefficient (Wildman–Crippen LogP) is 3.58. The number of amides is 2. The standard InChI is InChI=1S/C22H35N3O3/c1-16(17-11-9-8-10-12-17)24-13-14-25(20(27)28-22(5,6)7)18(15-24)19(26)23-21(2,3)4/h8-12,16,18H,13-15H2,1-7H3,(H,23,26)/t16-,18-/m0/s1.